The molecule has 2 aromatic heterocycles. The average molecular weight is 331 g/mol. The van der Waals surface area contributed by atoms with Crippen LogP contribution in [0.1, 0.15) is 24.5 Å². The molecule has 0 spiro atoms. The first-order valence-electron chi connectivity index (χ1n) is 7.28. The third kappa shape index (κ3) is 2.41. The number of sulfone groups is 1. The van der Waals surface area contributed by atoms with Crippen molar-refractivity contribution in [1.29, 1.82) is 0 Å². The van der Waals surface area contributed by atoms with Gasteiger partial charge in [0.1, 0.15) is 10.7 Å². The summed E-state index contributed by atoms with van der Waals surface area (Å²) in [5.41, 5.74) is 2.97. The smallest absolute Gasteiger partial charge is 0.178 e. The number of H-pyrrole nitrogens is 1. The van der Waals surface area contributed by atoms with Crippen LogP contribution < -0.4 is 0 Å². The van der Waals surface area contributed by atoms with Gasteiger partial charge in [0, 0.05) is 35.0 Å². The van der Waals surface area contributed by atoms with E-state index < -0.39 is 15.7 Å². The van der Waals surface area contributed by atoms with Gasteiger partial charge in [-0.2, -0.15) is 5.10 Å². The zero-order chi connectivity index (χ0) is 16.2. The predicted molar refractivity (Wildman–Crippen MR) is 84.4 cm³/mol. The van der Waals surface area contributed by atoms with Gasteiger partial charge in [0.05, 0.1) is 11.2 Å². The van der Waals surface area contributed by atoms with Crippen LogP contribution in [0, 0.1) is 5.82 Å². The maximum absolute atomic E-state index is 14.2. The summed E-state index contributed by atoms with van der Waals surface area (Å²) in [7, 11) is -3.59. The van der Waals surface area contributed by atoms with Gasteiger partial charge in [0.2, 0.25) is 0 Å². The molecule has 1 aliphatic rings. The summed E-state index contributed by atoms with van der Waals surface area (Å²) in [6.45, 7) is 0. The van der Waals surface area contributed by atoms with Crippen LogP contribution in [0.4, 0.5) is 4.39 Å². The average Bonchev–Trinajstić information content (AvgIpc) is 3.24. The standard InChI is InChI=1S/C16H14FN3O2S/c1-23(21,22)13-5-4-10(8-11(13)17)15-14-12(6-7-18-15)19-20-16(14)9-2-3-9/h4-9H,2-3H2,1H3,(H,19,20). The monoisotopic (exact) mass is 331 g/mol. The molecular weight excluding hydrogens is 317 g/mol. The first-order chi connectivity index (χ1) is 10.9. The molecule has 0 amide bonds. The minimum atomic E-state index is -3.59. The Morgan fingerprint density at radius 2 is 2.04 bits per heavy atom. The van der Waals surface area contributed by atoms with Gasteiger partial charge in [-0.25, -0.2) is 12.8 Å². The molecule has 1 aromatic carbocycles. The lowest BCUT2D eigenvalue weighted by Gasteiger charge is -2.07. The van der Waals surface area contributed by atoms with E-state index in [1.165, 1.54) is 12.1 Å². The van der Waals surface area contributed by atoms with E-state index in [2.05, 4.69) is 15.2 Å². The van der Waals surface area contributed by atoms with E-state index in [-0.39, 0.29) is 4.90 Å². The highest BCUT2D eigenvalue weighted by Crippen LogP contribution is 2.43. The van der Waals surface area contributed by atoms with Gasteiger partial charge < -0.3 is 0 Å². The van der Waals surface area contributed by atoms with E-state index in [1.54, 1.807) is 12.3 Å². The number of hydrogen-bond acceptors (Lipinski definition) is 4. The van der Waals surface area contributed by atoms with Crippen molar-refractivity contribution in [3.8, 4) is 11.3 Å². The highest BCUT2D eigenvalue weighted by atomic mass is 32.2. The largest absolute Gasteiger partial charge is 0.281 e. The minimum Gasteiger partial charge on any atom is -0.281 e. The van der Waals surface area contributed by atoms with Crippen molar-refractivity contribution in [2.24, 2.45) is 0 Å². The number of nitrogens with zero attached hydrogens (tertiary/aromatic N) is 2. The molecule has 4 rings (SSSR count). The Kier molecular flexibility index (Phi) is 3.02. The van der Waals surface area contributed by atoms with Crippen LogP contribution in [0.25, 0.3) is 22.2 Å². The zero-order valence-electron chi connectivity index (χ0n) is 12.4. The lowest BCUT2D eigenvalue weighted by molar-refractivity contribution is 0.571. The number of aromatic nitrogens is 3. The Morgan fingerprint density at radius 3 is 2.70 bits per heavy atom. The van der Waals surface area contributed by atoms with Gasteiger partial charge in [-0.05, 0) is 31.0 Å². The van der Waals surface area contributed by atoms with Crippen LogP contribution in [0.2, 0.25) is 0 Å². The molecule has 1 fully saturated rings. The van der Waals surface area contributed by atoms with Crippen LogP contribution in [-0.2, 0) is 9.84 Å². The van der Waals surface area contributed by atoms with Crippen molar-refractivity contribution in [2.45, 2.75) is 23.7 Å². The van der Waals surface area contributed by atoms with Crippen LogP contribution in [0.15, 0.2) is 35.4 Å². The third-order valence-electron chi connectivity index (χ3n) is 4.09. The Bertz CT molecular complexity index is 1020. The molecule has 0 radical (unpaired) electrons. The van der Waals surface area contributed by atoms with Crippen molar-refractivity contribution in [3.05, 3.63) is 42.0 Å². The molecule has 2 heterocycles. The molecule has 3 aromatic rings. The number of halogens is 1. The molecule has 0 bridgehead atoms. The summed E-state index contributed by atoms with van der Waals surface area (Å²) in [5, 5.41) is 8.24. The molecule has 118 valence electrons. The molecule has 0 aliphatic heterocycles. The molecule has 1 saturated carbocycles. The maximum Gasteiger partial charge on any atom is 0.178 e. The van der Waals surface area contributed by atoms with Gasteiger partial charge >= 0.3 is 0 Å². The summed E-state index contributed by atoms with van der Waals surface area (Å²) in [6.07, 6.45) is 4.82. The lowest BCUT2D eigenvalue weighted by atomic mass is 10.0. The van der Waals surface area contributed by atoms with E-state index >= 15 is 0 Å². The number of pyridine rings is 1. The molecule has 0 atom stereocenters. The van der Waals surface area contributed by atoms with Gasteiger partial charge in [-0.15, -0.1) is 0 Å². The second-order valence-corrected chi connectivity index (χ2v) is 7.87. The van der Waals surface area contributed by atoms with Crippen LogP contribution in [0.3, 0.4) is 0 Å². The fraction of sp³-hybridized carbons (Fsp3) is 0.250. The molecule has 7 heteroatoms. The SMILES string of the molecule is CS(=O)(=O)c1ccc(-c2nccc3n[nH]c(C4CC4)c23)cc1F. The van der Waals surface area contributed by atoms with Gasteiger partial charge in [0.15, 0.2) is 9.84 Å². The molecule has 0 saturated heterocycles. The molecule has 0 unspecified atom stereocenters. The van der Waals surface area contributed by atoms with E-state index in [1.807, 2.05) is 6.07 Å². The first kappa shape index (κ1) is 14.3. The van der Waals surface area contributed by atoms with Crippen LogP contribution in [0.5, 0.6) is 0 Å². The fourth-order valence-electron chi connectivity index (χ4n) is 2.82. The molecular formula is C16H14FN3O2S. The van der Waals surface area contributed by atoms with Crippen molar-refractivity contribution < 1.29 is 12.8 Å². The summed E-state index contributed by atoms with van der Waals surface area (Å²) >= 11 is 0. The zero-order valence-corrected chi connectivity index (χ0v) is 13.2. The quantitative estimate of drug-likeness (QED) is 0.800. The van der Waals surface area contributed by atoms with Crippen molar-refractivity contribution in [1.82, 2.24) is 15.2 Å². The number of nitrogens with one attached hydrogen (secondary N) is 1. The van der Waals surface area contributed by atoms with E-state index in [0.29, 0.717) is 17.2 Å². The molecule has 1 aliphatic carbocycles. The summed E-state index contributed by atoms with van der Waals surface area (Å²) in [6, 6.07) is 5.91. The fourth-order valence-corrected chi connectivity index (χ4v) is 3.55. The number of aromatic amines is 1. The Labute approximate surface area is 132 Å². The summed E-state index contributed by atoms with van der Waals surface area (Å²) in [4.78, 5) is 4.07. The summed E-state index contributed by atoms with van der Waals surface area (Å²) in [5.74, 6) is -0.316. The van der Waals surface area contributed by atoms with Gasteiger partial charge in [-0.3, -0.25) is 10.1 Å². The van der Waals surface area contributed by atoms with E-state index in [9.17, 15) is 12.8 Å². The minimum absolute atomic E-state index is 0.303. The van der Waals surface area contributed by atoms with Crippen LogP contribution >= 0.6 is 0 Å². The number of rotatable bonds is 3. The number of fused-ring (bicyclic) bond motifs is 1. The normalized spacial score (nSPS) is 15.2. The summed E-state index contributed by atoms with van der Waals surface area (Å²) < 4.78 is 37.3. The number of hydrogen-bond donors (Lipinski definition) is 1. The molecule has 1 N–H and O–H groups in total. The Hall–Kier alpha value is -2.28. The molecule has 5 nitrogen and oxygen atoms in total. The van der Waals surface area contributed by atoms with Crippen molar-refractivity contribution in [3.63, 3.8) is 0 Å². The second kappa shape index (κ2) is 4.86. The first-order valence-corrected chi connectivity index (χ1v) is 9.17. The van der Waals surface area contributed by atoms with Crippen LogP contribution in [-0.4, -0.2) is 29.9 Å². The second-order valence-electron chi connectivity index (χ2n) is 5.88. The topological polar surface area (TPSA) is 75.7 Å². The maximum atomic E-state index is 14.2. The van der Waals surface area contributed by atoms with Crippen molar-refractivity contribution >= 4 is 20.7 Å². The lowest BCUT2D eigenvalue weighted by Crippen LogP contribution is -2.01. The Balaban J connectivity index is 1.93. The highest BCUT2D eigenvalue weighted by molar-refractivity contribution is 7.90. The van der Waals surface area contributed by atoms with Crippen molar-refractivity contribution in [2.75, 3.05) is 6.26 Å². The van der Waals surface area contributed by atoms with Gasteiger partial charge in [0.25, 0.3) is 0 Å². The number of benzene rings is 1. The van der Waals surface area contributed by atoms with Gasteiger partial charge in [-0.1, -0.05) is 6.07 Å². The molecule has 23 heavy (non-hydrogen) atoms. The van der Waals surface area contributed by atoms with E-state index in [4.69, 9.17) is 0 Å². The third-order valence-corrected chi connectivity index (χ3v) is 5.22. The Morgan fingerprint density at radius 1 is 1.26 bits per heavy atom. The highest BCUT2D eigenvalue weighted by Gasteiger charge is 2.29. The predicted octanol–water partition coefficient (Wildman–Crippen LogP) is 3.04. The van der Waals surface area contributed by atoms with E-state index in [0.717, 1.165) is 35.7 Å².